The molecule has 3 atom stereocenters. The zero-order valence-electron chi connectivity index (χ0n) is 24.3. The number of anilines is 2. The SMILES string of the molecule is COc1ccc(NC(=O)N(C)C[C@H]2Oc3c(NS(=O)(=O)c4ccc(Cl)cc4)cccc3C(=O)N([C@@H](C)CO)C[C@H]2C)cc1. The van der Waals surface area contributed by atoms with Gasteiger partial charge in [0.2, 0.25) is 0 Å². The molecule has 43 heavy (non-hydrogen) atoms. The van der Waals surface area contributed by atoms with E-state index in [1.54, 1.807) is 57.5 Å². The average Bonchev–Trinajstić information content (AvgIpc) is 2.99. The van der Waals surface area contributed by atoms with E-state index in [-0.39, 0.29) is 47.5 Å². The number of para-hydroxylation sites is 1. The number of carbonyl (C=O) groups is 2. The summed E-state index contributed by atoms with van der Waals surface area (Å²) in [6.45, 7) is 3.67. The van der Waals surface area contributed by atoms with Crippen LogP contribution in [0.25, 0.3) is 0 Å². The lowest BCUT2D eigenvalue weighted by atomic mass is 9.99. The van der Waals surface area contributed by atoms with E-state index in [9.17, 15) is 23.1 Å². The molecule has 1 aliphatic heterocycles. The monoisotopic (exact) mass is 630 g/mol. The summed E-state index contributed by atoms with van der Waals surface area (Å²) in [4.78, 5) is 29.8. The normalized spacial score (nSPS) is 17.5. The van der Waals surface area contributed by atoms with Gasteiger partial charge in [-0.25, -0.2) is 13.2 Å². The maximum Gasteiger partial charge on any atom is 0.321 e. The van der Waals surface area contributed by atoms with E-state index in [0.29, 0.717) is 16.5 Å². The van der Waals surface area contributed by atoms with Crippen LogP contribution in [-0.2, 0) is 10.0 Å². The van der Waals surface area contributed by atoms with Gasteiger partial charge in [-0.1, -0.05) is 24.6 Å². The smallest absolute Gasteiger partial charge is 0.321 e. The van der Waals surface area contributed by atoms with Crippen molar-refractivity contribution in [1.82, 2.24) is 9.80 Å². The third-order valence-corrected chi connectivity index (χ3v) is 8.83. The van der Waals surface area contributed by atoms with Crippen LogP contribution in [0.15, 0.2) is 71.6 Å². The molecule has 0 fully saturated rings. The average molecular weight is 631 g/mol. The standard InChI is InChI=1S/C30H35ClN4O7S/c1-19-16-35(20(2)18-36)29(37)25-6-5-7-26(33-43(39,40)24-14-8-21(31)9-15-24)28(25)42-27(19)17-34(3)30(38)32-22-10-12-23(41-4)13-11-22/h5-15,19-20,27,33,36H,16-18H2,1-4H3,(H,32,38)/t19-,20+,27-/m1/s1. The number of hydrogen-bond donors (Lipinski definition) is 3. The van der Waals surface area contributed by atoms with Crippen LogP contribution in [0.5, 0.6) is 11.5 Å². The lowest BCUT2D eigenvalue weighted by Gasteiger charge is -2.38. The second kappa shape index (κ2) is 13.5. The van der Waals surface area contributed by atoms with Crippen molar-refractivity contribution in [3.05, 3.63) is 77.3 Å². The van der Waals surface area contributed by atoms with Gasteiger partial charge in [-0.05, 0) is 67.6 Å². The number of fused-ring (bicyclic) bond motifs is 1. The first kappa shape index (κ1) is 31.9. The Labute approximate surface area is 256 Å². The molecule has 1 heterocycles. The predicted octanol–water partition coefficient (Wildman–Crippen LogP) is 4.53. The van der Waals surface area contributed by atoms with E-state index in [1.807, 2.05) is 6.92 Å². The number of aliphatic hydroxyl groups excluding tert-OH is 1. The molecule has 3 N–H and O–H groups in total. The summed E-state index contributed by atoms with van der Waals surface area (Å²) in [5.41, 5.74) is 0.753. The maximum absolute atomic E-state index is 13.7. The number of benzene rings is 3. The quantitative estimate of drug-likeness (QED) is 0.316. The van der Waals surface area contributed by atoms with Gasteiger partial charge >= 0.3 is 6.03 Å². The maximum atomic E-state index is 13.7. The summed E-state index contributed by atoms with van der Waals surface area (Å²) in [6.07, 6.45) is -0.659. The summed E-state index contributed by atoms with van der Waals surface area (Å²) >= 11 is 5.94. The number of carbonyl (C=O) groups excluding carboxylic acids is 2. The molecule has 0 unspecified atom stereocenters. The van der Waals surface area contributed by atoms with E-state index in [0.717, 1.165) is 0 Å². The Bertz CT molecular complexity index is 1550. The van der Waals surface area contributed by atoms with Crippen molar-refractivity contribution < 1.29 is 32.6 Å². The summed E-state index contributed by atoms with van der Waals surface area (Å²) in [5.74, 6) is -0.0515. The van der Waals surface area contributed by atoms with Gasteiger partial charge in [0.15, 0.2) is 5.75 Å². The number of likely N-dealkylation sites (N-methyl/N-ethyl adjacent to an activating group) is 1. The second-order valence-corrected chi connectivity index (χ2v) is 12.5. The Hall–Kier alpha value is -4.00. The number of nitrogens with zero attached hydrogens (tertiary/aromatic N) is 2. The fourth-order valence-corrected chi connectivity index (χ4v) is 5.79. The summed E-state index contributed by atoms with van der Waals surface area (Å²) < 4.78 is 40.7. The summed E-state index contributed by atoms with van der Waals surface area (Å²) in [5, 5.41) is 13.1. The number of ether oxygens (including phenoxy) is 2. The highest BCUT2D eigenvalue weighted by atomic mass is 35.5. The molecule has 0 bridgehead atoms. The zero-order valence-corrected chi connectivity index (χ0v) is 25.9. The van der Waals surface area contributed by atoms with Crippen molar-refractivity contribution in [2.24, 2.45) is 5.92 Å². The molecule has 0 spiro atoms. The molecular weight excluding hydrogens is 596 g/mol. The molecular formula is C30H35ClN4O7S. The number of hydrogen-bond acceptors (Lipinski definition) is 7. The molecule has 3 amide bonds. The van der Waals surface area contributed by atoms with Gasteiger partial charge in [-0.2, -0.15) is 0 Å². The van der Waals surface area contributed by atoms with E-state index in [2.05, 4.69) is 10.0 Å². The fraction of sp³-hybridized carbons (Fsp3) is 0.333. The van der Waals surface area contributed by atoms with Crippen LogP contribution in [0.3, 0.4) is 0 Å². The minimum Gasteiger partial charge on any atom is -0.497 e. The van der Waals surface area contributed by atoms with Crippen LogP contribution in [0.4, 0.5) is 16.2 Å². The van der Waals surface area contributed by atoms with Crippen LogP contribution in [0, 0.1) is 5.92 Å². The second-order valence-electron chi connectivity index (χ2n) is 10.4. The van der Waals surface area contributed by atoms with Crippen molar-refractivity contribution in [3.63, 3.8) is 0 Å². The Balaban J connectivity index is 1.66. The molecule has 3 aromatic rings. The molecule has 11 nitrogen and oxygen atoms in total. The number of halogens is 1. The molecule has 13 heteroatoms. The predicted molar refractivity (Wildman–Crippen MR) is 165 cm³/mol. The lowest BCUT2D eigenvalue weighted by molar-refractivity contribution is 0.0373. The number of rotatable bonds is 9. The van der Waals surface area contributed by atoms with E-state index >= 15 is 0 Å². The van der Waals surface area contributed by atoms with Gasteiger partial charge in [-0.3, -0.25) is 9.52 Å². The van der Waals surface area contributed by atoms with Gasteiger partial charge in [0, 0.05) is 30.2 Å². The molecule has 4 rings (SSSR count). The lowest BCUT2D eigenvalue weighted by Crippen LogP contribution is -2.50. The zero-order chi connectivity index (χ0) is 31.3. The first-order valence-corrected chi connectivity index (χ1v) is 15.5. The topological polar surface area (TPSA) is 138 Å². The van der Waals surface area contributed by atoms with Gasteiger partial charge in [-0.15, -0.1) is 0 Å². The number of methoxy groups -OCH3 is 1. The molecule has 0 aliphatic carbocycles. The van der Waals surface area contributed by atoms with Crippen molar-refractivity contribution in [2.45, 2.75) is 30.9 Å². The van der Waals surface area contributed by atoms with Gasteiger partial charge in [0.1, 0.15) is 11.9 Å². The summed E-state index contributed by atoms with van der Waals surface area (Å²) in [6, 6.07) is 16.2. The largest absolute Gasteiger partial charge is 0.497 e. The number of sulfonamides is 1. The minimum atomic E-state index is -4.08. The first-order chi connectivity index (χ1) is 20.4. The minimum absolute atomic E-state index is 0.0259. The molecule has 0 saturated heterocycles. The third-order valence-electron chi connectivity index (χ3n) is 7.20. The highest BCUT2D eigenvalue weighted by molar-refractivity contribution is 7.92. The number of amides is 3. The Morgan fingerprint density at radius 1 is 1.16 bits per heavy atom. The first-order valence-electron chi connectivity index (χ1n) is 13.6. The van der Waals surface area contributed by atoms with Gasteiger partial charge < -0.3 is 29.7 Å². The van der Waals surface area contributed by atoms with Crippen LogP contribution >= 0.6 is 11.6 Å². The number of aliphatic hydroxyl groups is 1. The fourth-order valence-electron chi connectivity index (χ4n) is 4.61. The van der Waals surface area contributed by atoms with Crippen LogP contribution in [-0.4, -0.2) is 81.3 Å². The molecule has 1 aliphatic rings. The van der Waals surface area contributed by atoms with Crippen molar-refractivity contribution in [1.29, 1.82) is 0 Å². The number of nitrogens with one attached hydrogen (secondary N) is 2. The van der Waals surface area contributed by atoms with Gasteiger partial charge in [0.05, 0.1) is 42.4 Å². The van der Waals surface area contributed by atoms with Crippen molar-refractivity contribution in [2.75, 3.05) is 43.9 Å². The molecule has 0 saturated carbocycles. The number of urea groups is 1. The molecule has 0 aromatic heterocycles. The molecule has 0 radical (unpaired) electrons. The van der Waals surface area contributed by atoms with E-state index < -0.39 is 34.1 Å². The van der Waals surface area contributed by atoms with Crippen LogP contribution in [0.1, 0.15) is 24.2 Å². The molecule has 230 valence electrons. The van der Waals surface area contributed by atoms with Crippen LogP contribution in [0.2, 0.25) is 5.02 Å². The van der Waals surface area contributed by atoms with Crippen molar-refractivity contribution >= 4 is 44.9 Å². The Kier molecular flexibility index (Phi) is 10.0. The Morgan fingerprint density at radius 2 is 1.84 bits per heavy atom. The van der Waals surface area contributed by atoms with E-state index in [1.165, 1.54) is 40.1 Å². The van der Waals surface area contributed by atoms with Gasteiger partial charge in [0.25, 0.3) is 15.9 Å². The third kappa shape index (κ3) is 7.51. The molecule has 3 aromatic carbocycles. The Morgan fingerprint density at radius 3 is 2.47 bits per heavy atom. The summed E-state index contributed by atoms with van der Waals surface area (Å²) in [7, 11) is -0.911. The highest BCUT2D eigenvalue weighted by Gasteiger charge is 2.35. The van der Waals surface area contributed by atoms with Crippen LogP contribution < -0.4 is 19.5 Å². The van der Waals surface area contributed by atoms with E-state index in [4.69, 9.17) is 21.1 Å². The van der Waals surface area contributed by atoms with Crippen molar-refractivity contribution in [3.8, 4) is 11.5 Å². The highest BCUT2D eigenvalue weighted by Crippen LogP contribution is 2.36.